The zero-order chi connectivity index (χ0) is 31.9. The number of aryl methyl sites for hydroxylation is 1. The lowest BCUT2D eigenvalue weighted by Crippen LogP contribution is -1.95. The van der Waals surface area contributed by atoms with Crippen molar-refractivity contribution < 1.29 is 0 Å². The molecule has 3 heteroatoms. The van der Waals surface area contributed by atoms with Gasteiger partial charge in [-0.05, 0) is 86.8 Å². The lowest BCUT2D eigenvalue weighted by molar-refractivity contribution is 1.19. The van der Waals surface area contributed by atoms with Gasteiger partial charge in [0.05, 0.1) is 11.0 Å². The van der Waals surface area contributed by atoms with Gasteiger partial charge in [-0.2, -0.15) is 0 Å². The van der Waals surface area contributed by atoms with Crippen LogP contribution in [0.5, 0.6) is 0 Å². The van der Waals surface area contributed by atoms with Crippen LogP contribution in [0.15, 0.2) is 165 Å². The molecule has 0 amide bonds. The van der Waals surface area contributed by atoms with Crippen LogP contribution in [0.1, 0.15) is 16.7 Å². The maximum absolute atomic E-state index is 6.04. The van der Waals surface area contributed by atoms with Gasteiger partial charge in [-0.3, -0.25) is 4.98 Å². The summed E-state index contributed by atoms with van der Waals surface area (Å²) in [5, 5.41) is 7.37. The summed E-state index contributed by atoms with van der Waals surface area (Å²) in [6, 6.07) is 45.8. The number of rotatable bonds is 6. The van der Waals surface area contributed by atoms with Crippen molar-refractivity contribution in [2.45, 2.75) is 6.92 Å². The van der Waals surface area contributed by atoms with Crippen LogP contribution in [0.4, 0.5) is 0 Å². The zero-order valence-corrected chi connectivity index (χ0v) is 26.2. The average Bonchev–Trinajstić information content (AvgIpc) is 3.46. The highest BCUT2D eigenvalue weighted by atomic mass is 15.0. The van der Waals surface area contributed by atoms with Crippen molar-refractivity contribution in [3.05, 3.63) is 181 Å². The Labute approximate surface area is 274 Å². The molecule has 0 unspecified atom stereocenters. The molecule has 6 aromatic carbocycles. The van der Waals surface area contributed by atoms with Gasteiger partial charge in [-0.25, -0.2) is 0 Å². The quantitative estimate of drug-likeness (QED) is 0.192. The number of allylic oxidation sites excluding steroid dienone is 4. The van der Waals surface area contributed by atoms with E-state index in [0.717, 1.165) is 39.0 Å². The molecule has 0 spiro atoms. The standard InChI is InChI=1S/C44H33N3/c1-29(15-16-35(27-45)42-28-46-24-23-30(42)2)32-17-21-40-41-22-19-34-25-33(38-14-8-10-31-9-6-7-13-37(31)38)18-20-39(34)44(41)47(43(40)26-32)36-11-4-3-5-12-36/h3-28H,1,45H2,2H3/b16-15-,35-27+. The van der Waals surface area contributed by atoms with Gasteiger partial charge in [0, 0.05) is 46.0 Å². The summed E-state index contributed by atoms with van der Waals surface area (Å²) in [5.74, 6) is 0. The second-order valence-corrected chi connectivity index (χ2v) is 12.0. The SMILES string of the molecule is C=C(/C=C\C(=C/N)c1cnccc1C)c1ccc2c3ccc4cc(-c5cccc6ccccc56)ccc4c3n(-c3ccccc3)c2c1. The van der Waals surface area contributed by atoms with E-state index in [4.69, 9.17) is 5.73 Å². The molecule has 8 rings (SSSR count). The van der Waals surface area contributed by atoms with E-state index in [9.17, 15) is 0 Å². The highest BCUT2D eigenvalue weighted by Crippen LogP contribution is 2.39. The largest absolute Gasteiger partial charge is 0.404 e. The molecule has 0 bridgehead atoms. The Bertz CT molecular complexity index is 2540. The van der Waals surface area contributed by atoms with Crippen LogP contribution >= 0.6 is 0 Å². The Morgan fingerprint density at radius 1 is 0.702 bits per heavy atom. The van der Waals surface area contributed by atoms with Crippen molar-refractivity contribution in [3.8, 4) is 16.8 Å². The molecule has 0 atom stereocenters. The third-order valence-electron chi connectivity index (χ3n) is 9.22. The predicted molar refractivity (Wildman–Crippen MR) is 201 cm³/mol. The number of nitrogens with zero attached hydrogens (tertiary/aromatic N) is 2. The highest BCUT2D eigenvalue weighted by molar-refractivity contribution is 6.19. The van der Waals surface area contributed by atoms with Gasteiger partial charge in [0.2, 0.25) is 0 Å². The molecular formula is C44H33N3. The number of hydrogen-bond acceptors (Lipinski definition) is 2. The third kappa shape index (κ3) is 4.90. The van der Waals surface area contributed by atoms with Crippen molar-refractivity contribution in [2.24, 2.45) is 5.73 Å². The molecule has 2 aromatic heterocycles. The molecule has 2 N–H and O–H groups in total. The lowest BCUT2D eigenvalue weighted by Gasteiger charge is -2.12. The van der Waals surface area contributed by atoms with Crippen molar-refractivity contribution in [1.29, 1.82) is 0 Å². The number of para-hydroxylation sites is 1. The molecule has 224 valence electrons. The van der Waals surface area contributed by atoms with Gasteiger partial charge >= 0.3 is 0 Å². The van der Waals surface area contributed by atoms with Crippen molar-refractivity contribution >= 4 is 54.5 Å². The van der Waals surface area contributed by atoms with Gasteiger partial charge in [0.15, 0.2) is 0 Å². The first-order chi connectivity index (χ1) is 23.1. The molecule has 0 aliphatic rings. The van der Waals surface area contributed by atoms with Crippen LogP contribution in [0, 0.1) is 6.92 Å². The topological polar surface area (TPSA) is 43.8 Å². The Kier molecular flexibility index (Phi) is 7.00. The minimum absolute atomic E-state index is 0.905. The Balaban J connectivity index is 1.28. The van der Waals surface area contributed by atoms with Gasteiger partial charge in [-0.1, -0.05) is 116 Å². The van der Waals surface area contributed by atoms with Crippen LogP contribution in [0.2, 0.25) is 0 Å². The fourth-order valence-corrected chi connectivity index (χ4v) is 6.81. The Morgan fingerprint density at radius 2 is 1.49 bits per heavy atom. The highest BCUT2D eigenvalue weighted by Gasteiger charge is 2.17. The number of aromatic nitrogens is 2. The summed E-state index contributed by atoms with van der Waals surface area (Å²) in [4.78, 5) is 4.29. The minimum Gasteiger partial charge on any atom is -0.404 e. The molecule has 0 saturated heterocycles. The zero-order valence-electron chi connectivity index (χ0n) is 26.2. The molecule has 0 radical (unpaired) electrons. The monoisotopic (exact) mass is 603 g/mol. The first kappa shape index (κ1) is 28.3. The third-order valence-corrected chi connectivity index (χ3v) is 9.22. The molecule has 0 aliphatic heterocycles. The maximum Gasteiger partial charge on any atom is 0.0619 e. The Hall–Kier alpha value is -6.19. The molecule has 0 fully saturated rings. The molecule has 47 heavy (non-hydrogen) atoms. The van der Waals surface area contributed by atoms with Gasteiger partial charge in [0.1, 0.15) is 0 Å². The van der Waals surface area contributed by atoms with E-state index in [1.807, 2.05) is 24.4 Å². The van der Waals surface area contributed by atoms with Gasteiger partial charge in [-0.15, -0.1) is 0 Å². The van der Waals surface area contributed by atoms with Crippen LogP contribution in [-0.4, -0.2) is 9.55 Å². The molecule has 0 saturated carbocycles. The normalized spacial score (nSPS) is 12.1. The minimum atomic E-state index is 0.905. The van der Waals surface area contributed by atoms with Gasteiger partial charge < -0.3 is 10.3 Å². The lowest BCUT2D eigenvalue weighted by atomic mass is 9.95. The van der Waals surface area contributed by atoms with Gasteiger partial charge in [0.25, 0.3) is 0 Å². The first-order valence-electron chi connectivity index (χ1n) is 15.9. The van der Waals surface area contributed by atoms with Crippen molar-refractivity contribution in [2.75, 3.05) is 0 Å². The van der Waals surface area contributed by atoms with Crippen molar-refractivity contribution in [3.63, 3.8) is 0 Å². The van der Waals surface area contributed by atoms with E-state index in [-0.39, 0.29) is 0 Å². The van der Waals surface area contributed by atoms with Crippen LogP contribution in [0.3, 0.4) is 0 Å². The number of nitrogens with two attached hydrogens (primary N) is 1. The summed E-state index contributed by atoms with van der Waals surface area (Å²) in [6.45, 7) is 6.50. The maximum atomic E-state index is 6.04. The van der Waals surface area contributed by atoms with E-state index in [1.54, 1.807) is 12.4 Å². The summed E-state index contributed by atoms with van der Waals surface area (Å²) in [5.41, 5.74) is 17.0. The molecular weight excluding hydrogens is 571 g/mol. The summed E-state index contributed by atoms with van der Waals surface area (Å²) < 4.78 is 2.40. The number of fused-ring (bicyclic) bond motifs is 6. The van der Waals surface area contributed by atoms with E-state index in [1.165, 1.54) is 49.0 Å². The Morgan fingerprint density at radius 3 is 2.34 bits per heavy atom. The van der Waals surface area contributed by atoms with E-state index in [2.05, 4.69) is 144 Å². The molecule has 8 aromatic rings. The van der Waals surface area contributed by atoms with Crippen LogP contribution < -0.4 is 5.73 Å². The summed E-state index contributed by atoms with van der Waals surface area (Å²) in [7, 11) is 0. The fraction of sp³-hybridized carbons (Fsp3) is 0.0227. The average molecular weight is 604 g/mol. The van der Waals surface area contributed by atoms with E-state index >= 15 is 0 Å². The second kappa shape index (κ2) is 11.6. The fourth-order valence-electron chi connectivity index (χ4n) is 6.81. The first-order valence-corrected chi connectivity index (χ1v) is 15.9. The van der Waals surface area contributed by atoms with Crippen molar-refractivity contribution in [1.82, 2.24) is 9.55 Å². The molecule has 2 heterocycles. The molecule has 3 nitrogen and oxygen atoms in total. The van der Waals surface area contributed by atoms with Crippen LogP contribution in [-0.2, 0) is 0 Å². The number of benzene rings is 6. The van der Waals surface area contributed by atoms with E-state index < -0.39 is 0 Å². The smallest absolute Gasteiger partial charge is 0.0619 e. The summed E-state index contributed by atoms with van der Waals surface area (Å²) >= 11 is 0. The molecule has 0 aliphatic carbocycles. The second-order valence-electron chi connectivity index (χ2n) is 12.0. The number of pyridine rings is 1. The summed E-state index contributed by atoms with van der Waals surface area (Å²) in [6.07, 6.45) is 9.32. The number of hydrogen-bond donors (Lipinski definition) is 1. The van der Waals surface area contributed by atoms with E-state index in [0.29, 0.717) is 0 Å². The van der Waals surface area contributed by atoms with Crippen LogP contribution in [0.25, 0.3) is 71.3 Å². The predicted octanol–water partition coefficient (Wildman–Crippen LogP) is 11.0.